The molecule has 19 heavy (non-hydrogen) atoms. The maximum Gasteiger partial charge on any atom is 0.325 e. The number of carboxylic acids is 1. The highest BCUT2D eigenvalue weighted by Crippen LogP contribution is 2.41. The molecule has 0 aliphatic heterocycles. The van der Waals surface area contributed by atoms with Crippen LogP contribution in [0.1, 0.15) is 18.1 Å². The van der Waals surface area contributed by atoms with Crippen LogP contribution in [0.2, 0.25) is 0 Å². The fraction of sp³-hybridized carbons (Fsp3) is 0.188. The average Bonchev–Trinajstić information content (AvgIpc) is 2.77. The smallest absolute Gasteiger partial charge is 0.325 e. The molecule has 0 radical (unpaired) electrons. The lowest BCUT2D eigenvalue weighted by Gasteiger charge is -2.15. The van der Waals surface area contributed by atoms with Gasteiger partial charge in [-0.3, -0.25) is 4.79 Å². The van der Waals surface area contributed by atoms with E-state index in [1.165, 1.54) is 16.7 Å². The van der Waals surface area contributed by atoms with Crippen LogP contribution >= 0.6 is 0 Å². The summed E-state index contributed by atoms with van der Waals surface area (Å²) in [5.41, 5.74) is 5.81. The zero-order valence-electron chi connectivity index (χ0n) is 10.7. The first-order valence-electron chi connectivity index (χ1n) is 6.36. The lowest BCUT2D eigenvalue weighted by atomic mass is 10.0. The van der Waals surface area contributed by atoms with Gasteiger partial charge in [0.2, 0.25) is 0 Å². The zero-order chi connectivity index (χ0) is 13.4. The Labute approximate surface area is 111 Å². The minimum Gasteiger partial charge on any atom is -0.480 e. The molecular formula is C16H15NO2. The summed E-state index contributed by atoms with van der Waals surface area (Å²) in [7, 11) is 0. The predicted molar refractivity (Wildman–Crippen MR) is 75.4 cm³/mol. The summed E-state index contributed by atoms with van der Waals surface area (Å²) in [6.45, 7) is 1.66. The molecule has 0 spiro atoms. The van der Waals surface area contributed by atoms with E-state index < -0.39 is 12.0 Å². The Morgan fingerprint density at radius 2 is 1.89 bits per heavy atom. The maximum atomic E-state index is 11.0. The summed E-state index contributed by atoms with van der Waals surface area (Å²) in [6.07, 6.45) is 0.919. The fourth-order valence-corrected chi connectivity index (χ4v) is 2.60. The number of fused-ring (bicyclic) bond motifs is 3. The van der Waals surface area contributed by atoms with Crippen molar-refractivity contribution in [2.45, 2.75) is 19.4 Å². The van der Waals surface area contributed by atoms with Crippen LogP contribution in [0.4, 0.5) is 5.69 Å². The first-order valence-corrected chi connectivity index (χ1v) is 6.36. The molecular weight excluding hydrogens is 238 g/mol. The monoisotopic (exact) mass is 253 g/mol. The highest BCUT2D eigenvalue weighted by atomic mass is 16.4. The molecule has 2 aromatic carbocycles. The average molecular weight is 253 g/mol. The van der Waals surface area contributed by atoms with Gasteiger partial charge in [0, 0.05) is 11.3 Å². The van der Waals surface area contributed by atoms with Crippen LogP contribution in [0, 0.1) is 0 Å². The summed E-state index contributed by atoms with van der Waals surface area (Å²) in [6, 6.07) is 13.7. The third kappa shape index (κ3) is 1.97. The van der Waals surface area contributed by atoms with E-state index in [-0.39, 0.29) is 0 Å². The van der Waals surface area contributed by atoms with Gasteiger partial charge in [-0.1, -0.05) is 36.4 Å². The molecule has 0 unspecified atom stereocenters. The molecule has 2 aromatic rings. The van der Waals surface area contributed by atoms with Crippen LogP contribution < -0.4 is 5.32 Å². The van der Waals surface area contributed by atoms with Gasteiger partial charge in [0.15, 0.2) is 0 Å². The van der Waals surface area contributed by atoms with Crippen LogP contribution in [0.25, 0.3) is 11.1 Å². The van der Waals surface area contributed by atoms with Crippen LogP contribution in [-0.2, 0) is 11.2 Å². The van der Waals surface area contributed by atoms with E-state index in [0.717, 1.165) is 17.7 Å². The predicted octanol–water partition coefficient (Wildman–Crippen LogP) is 3.14. The van der Waals surface area contributed by atoms with E-state index in [2.05, 4.69) is 23.5 Å². The summed E-state index contributed by atoms with van der Waals surface area (Å²) < 4.78 is 0. The highest BCUT2D eigenvalue weighted by molar-refractivity contribution is 5.88. The second-order valence-corrected chi connectivity index (χ2v) is 4.88. The normalized spacial score (nSPS) is 13.5. The van der Waals surface area contributed by atoms with Gasteiger partial charge in [0.05, 0.1) is 0 Å². The summed E-state index contributed by atoms with van der Waals surface area (Å²) in [5.74, 6) is -0.844. The number of hydrogen-bond donors (Lipinski definition) is 2. The van der Waals surface area contributed by atoms with E-state index in [1.807, 2.05) is 24.3 Å². The van der Waals surface area contributed by atoms with Crippen molar-refractivity contribution in [1.82, 2.24) is 0 Å². The Bertz CT molecular complexity index is 649. The Balaban J connectivity index is 2.06. The maximum absolute atomic E-state index is 11.0. The topological polar surface area (TPSA) is 49.3 Å². The first-order chi connectivity index (χ1) is 9.16. The second kappa shape index (κ2) is 4.43. The van der Waals surface area contributed by atoms with Crippen molar-refractivity contribution >= 4 is 11.7 Å². The van der Waals surface area contributed by atoms with E-state index >= 15 is 0 Å². The number of aliphatic carboxylic acids is 1. The SMILES string of the molecule is C[C@H](Nc1cccc2c1-c1ccccc1C2)C(=O)O. The quantitative estimate of drug-likeness (QED) is 0.754. The molecule has 1 aliphatic carbocycles. The number of hydrogen-bond acceptors (Lipinski definition) is 2. The Kier molecular flexibility index (Phi) is 2.75. The van der Waals surface area contributed by atoms with Crippen molar-refractivity contribution in [2.24, 2.45) is 0 Å². The number of anilines is 1. The van der Waals surface area contributed by atoms with Crippen LogP contribution in [0.5, 0.6) is 0 Å². The second-order valence-electron chi connectivity index (χ2n) is 4.88. The van der Waals surface area contributed by atoms with Crippen molar-refractivity contribution < 1.29 is 9.90 Å². The van der Waals surface area contributed by atoms with Crippen molar-refractivity contribution in [3.8, 4) is 11.1 Å². The van der Waals surface area contributed by atoms with E-state index in [1.54, 1.807) is 6.92 Å². The van der Waals surface area contributed by atoms with E-state index in [0.29, 0.717) is 0 Å². The largest absolute Gasteiger partial charge is 0.480 e. The van der Waals surface area contributed by atoms with Gasteiger partial charge >= 0.3 is 5.97 Å². The minimum absolute atomic E-state index is 0.598. The Morgan fingerprint density at radius 3 is 2.68 bits per heavy atom. The minimum atomic E-state index is -0.844. The third-order valence-electron chi connectivity index (χ3n) is 3.56. The van der Waals surface area contributed by atoms with Crippen molar-refractivity contribution in [3.63, 3.8) is 0 Å². The zero-order valence-corrected chi connectivity index (χ0v) is 10.7. The van der Waals surface area contributed by atoms with Gasteiger partial charge in [0.1, 0.15) is 6.04 Å². The van der Waals surface area contributed by atoms with Crippen LogP contribution in [-0.4, -0.2) is 17.1 Å². The Hall–Kier alpha value is -2.29. The van der Waals surface area contributed by atoms with Gasteiger partial charge in [-0.2, -0.15) is 0 Å². The molecule has 96 valence electrons. The molecule has 3 nitrogen and oxygen atoms in total. The lowest BCUT2D eigenvalue weighted by Crippen LogP contribution is -2.25. The first kappa shape index (κ1) is 11.8. The number of benzene rings is 2. The molecule has 0 heterocycles. The summed E-state index contributed by atoms with van der Waals surface area (Å²) >= 11 is 0. The molecule has 0 amide bonds. The molecule has 0 saturated carbocycles. The van der Waals surface area contributed by atoms with E-state index in [4.69, 9.17) is 5.11 Å². The highest BCUT2D eigenvalue weighted by Gasteiger charge is 2.22. The molecule has 1 aliphatic rings. The molecule has 0 fully saturated rings. The van der Waals surface area contributed by atoms with Gasteiger partial charge in [0.25, 0.3) is 0 Å². The lowest BCUT2D eigenvalue weighted by molar-refractivity contribution is -0.137. The van der Waals surface area contributed by atoms with Gasteiger partial charge in [-0.25, -0.2) is 0 Å². The molecule has 0 aromatic heterocycles. The van der Waals surface area contributed by atoms with Crippen molar-refractivity contribution in [2.75, 3.05) is 5.32 Å². The number of nitrogens with one attached hydrogen (secondary N) is 1. The number of rotatable bonds is 3. The number of carboxylic acid groups (broad SMARTS) is 1. The molecule has 2 N–H and O–H groups in total. The van der Waals surface area contributed by atoms with Crippen LogP contribution in [0.15, 0.2) is 42.5 Å². The van der Waals surface area contributed by atoms with Gasteiger partial charge in [-0.15, -0.1) is 0 Å². The molecule has 0 bridgehead atoms. The molecule has 3 rings (SSSR count). The van der Waals surface area contributed by atoms with Crippen molar-refractivity contribution in [1.29, 1.82) is 0 Å². The van der Waals surface area contributed by atoms with E-state index in [9.17, 15) is 4.79 Å². The van der Waals surface area contributed by atoms with Gasteiger partial charge < -0.3 is 10.4 Å². The van der Waals surface area contributed by atoms with Gasteiger partial charge in [-0.05, 0) is 36.1 Å². The van der Waals surface area contributed by atoms with Crippen LogP contribution in [0.3, 0.4) is 0 Å². The fourth-order valence-electron chi connectivity index (χ4n) is 2.60. The molecule has 3 heteroatoms. The Morgan fingerprint density at radius 1 is 1.16 bits per heavy atom. The standard InChI is InChI=1S/C16H15NO2/c1-10(16(18)19)17-14-8-4-6-12-9-11-5-2-3-7-13(11)15(12)14/h2-8,10,17H,9H2,1H3,(H,18,19)/t10-/m0/s1. The van der Waals surface area contributed by atoms with Crippen molar-refractivity contribution in [3.05, 3.63) is 53.6 Å². The third-order valence-corrected chi connectivity index (χ3v) is 3.56. The molecule has 1 atom stereocenters. The summed E-state index contributed by atoms with van der Waals surface area (Å²) in [4.78, 5) is 11.0. The summed E-state index contributed by atoms with van der Waals surface area (Å²) in [5, 5.41) is 12.1. The molecule has 0 saturated heterocycles. The number of carbonyl (C=O) groups is 1.